The first kappa shape index (κ1) is 15.7. The van der Waals surface area contributed by atoms with Crippen molar-refractivity contribution in [1.29, 1.82) is 0 Å². The molecule has 1 atom stereocenters. The van der Waals surface area contributed by atoms with E-state index in [1.807, 2.05) is 13.0 Å². The molecule has 0 aliphatic carbocycles. The number of aryl methyl sites for hydroxylation is 1. The third kappa shape index (κ3) is 4.42. The van der Waals surface area contributed by atoms with E-state index in [2.05, 4.69) is 56.1 Å². The van der Waals surface area contributed by atoms with Gasteiger partial charge in [-0.15, -0.1) is 0 Å². The average Bonchev–Trinajstić information content (AvgIpc) is 2.44. The van der Waals surface area contributed by atoms with Crippen LogP contribution in [0.25, 0.3) is 0 Å². The molecule has 0 spiro atoms. The van der Waals surface area contributed by atoms with Crippen LogP contribution in [-0.2, 0) is 12.8 Å². The summed E-state index contributed by atoms with van der Waals surface area (Å²) in [4.78, 5) is 0. The van der Waals surface area contributed by atoms with Gasteiger partial charge in [-0.1, -0.05) is 50.1 Å². The second-order valence-electron chi connectivity index (χ2n) is 5.13. The topological polar surface area (TPSA) is 0 Å². The second kappa shape index (κ2) is 7.37. The van der Waals surface area contributed by atoms with E-state index in [-0.39, 0.29) is 5.82 Å². The molecule has 0 heterocycles. The van der Waals surface area contributed by atoms with Gasteiger partial charge in [0.25, 0.3) is 0 Å². The van der Waals surface area contributed by atoms with Gasteiger partial charge in [0.05, 0.1) is 0 Å². The van der Waals surface area contributed by atoms with Crippen molar-refractivity contribution in [3.05, 3.63) is 69.4 Å². The zero-order chi connectivity index (χ0) is 14.5. The minimum absolute atomic E-state index is 0.150. The van der Waals surface area contributed by atoms with Gasteiger partial charge in [0, 0.05) is 9.80 Å². The van der Waals surface area contributed by atoms with Crippen molar-refractivity contribution in [1.82, 2.24) is 0 Å². The first-order valence-corrected chi connectivity index (χ1v) is 8.55. The van der Waals surface area contributed by atoms with Crippen LogP contribution in [-0.4, -0.2) is 5.33 Å². The zero-order valence-corrected chi connectivity index (χ0v) is 14.5. The summed E-state index contributed by atoms with van der Waals surface area (Å²) >= 11 is 7.03. The normalized spacial score (nSPS) is 12.4. The molecule has 0 fully saturated rings. The van der Waals surface area contributed by atoms with Crippen LogP contribution in [0.2, 0.25) is 0 Å². The molecule has 0 aliphatic heterocycles. The molecule has 1 unspecified atom stereocenters. The first-order valence-electron chi connectivity index (χ1n) is 6.64. The lowest BCUT2D eigenvalue weighted by molar-refractivity contribution is 0.580. The second-order valence-corrected chi connectivity index (χ2v) is 6.69. The van der Waals surface area contributed by atoms with Crippen LogP contribution in [0, 0.1) is 18.7 Å². The maximum absolute atomic E-state index is 13.4. The molecule has 0 radical (unpaired) electrons. The van der Waals surface area contributed by atoms with Crippen molar-refractivity contribution in [2.75, 3.05) is 5.33 Å². The highest BCUT2D eigenvalue weighted by molar-refractivity contribution is 9.10. The Hall–Kier alpha value is -0.670. The summed E-state index contributed by atoms with van der Waals surface area (Å²) in [6.07, 6.45) is 1.89. The van der Waals surface area contributed by atoms with Crippen molar-refractivity contribution in [2.45, 2.75) is 19.8 Å². The fourth-order valence-electron chi connectivity index (χ4n) is 2.31. The van der Waals surface area contributed by atoms with Gasteiger partial charge in [-0.05, 0) is 66.6 Å². The van der Waals surface area contributed by atoms with Crippen LogP contribution in [0.1, 0.15) is 16.7 Å². The van der Waals surface area contributed by atoms with Gasteiger partial charge in [-0.25, -0.2) is 4.39 Å². The summed E-state index contributed by atoms with van der Waals surface area (Å²) in [5.41, 5.74) is 3.58. The third-order valence-corrected chi connectivity index (χ3v) is 4.92. The molecule has 106 valence electrons. The van der Waals surface area contributed by atoms with Gasteiger partial charge in [0.1, 0.15) is 5.82 Å². The molecule has 0 nitrogen and oxygen atoms in total. The van der Waals surface area contributed by atoms with Crippen LogP contribution in [0.15, 0.2) is 46.9 Å². The minimum atomic E-state index is -0.150. The van der Waals surface area contributed by atoms with Crippen LogP contribution >= 0.6 is 31.9 Å². The fourth-order valence-corrected chi connectivity index (χ4v) is 3.03. The third-order valence-electron chi connectivity index (χ3n) is 3.48. The van der Waals surface area contributed by atoms with Gasteiger partial charge >= 0.3 is 0 Å². The molecular formula is C17H17Br2F. The SMILES string of the molecule is Cc1ccc(F)cc1CC(CBr)Cc1ccc(Br)cc1. The molecule has 0 saturated carbocycles. The minimum Gasteiger partial charge on any atom is -0.207 e. The standard InChI is InChI=1S/C17H17Br2F/c1-12-2-7-17(20)10-15(12)9-14(11-18)8-13-3-5-16(19)6-4-13/h2-7,10,14H,8-9,11H2,1H3. The van der Waals surface area contributed by atoms with Crippen molar-refractivity contribution >= 4 is 31.9 Å². The summed E-state index contributed by atoms with van der Waals surface area (Å²) in [6.45, 7) is 2.04. The summed E-state index contributed by atoms with van der Waals surface area (Å²) in [5, 5.41) is 0.916. The molecule has 2 aromatic carbocycles. The van der Waals surface area contributed by atoms with Crippen molar-refractivity contribution in [2.24, 2.45) is 5.92 Å². The Balaban J connectivity index is 2.08. The Morgan fingerprint density at radius 2 is 1.75 bits per heavy atom. The number of alkyl halides is 1. The highest BCUT2D eigenvalue weighted by atomic mass is 79.9. The fraction of sp³-hybridized carbons (Fsp3) is 0.294. The Morgan fingerprint density at radius 1 is 1.05 bits per heavy atom. The van der Waals surface area contributed by atoms with Gasteiger partial charge in [-0.3, -0.25) is 0 Å². The predicted molar refractivity (Wildman–Crippen MR) is 90.0 cm³/mol. The Morgan fingerprint density at radius 3 is 2.40 bits per heavy atom. The zero-order valence-electron chi connectivity index (χ0n) is 11.4. The number of benzene rings is 2. The number of rotatable bonds is 5. The number of hydrogen-bond acceptors (Lipinski definition) is 0. The van der Waals surface area contributed by atoms with E-state index in [9.17, 15) is 4.39 Å². The van der Waals surface area contributed by atoms with Crippen LogP contribution in [0.3, 0.4) is 0 Å². The molecule has 0 aromatic heterocycles. The molecule has 0 amide bonds. The maximum Gasteiger partial charge on any atom is 0.123 e. The van der Waals surface area contributed by atoms with E-state index in [1.54, 1.807) is 6.07 Å². The quantitative estimate of drug-likeness (QED) is 0.566. The van der Waals surface area contributed by atoms with Gasteiger partial charge in [-0.2, -0.15) is 0 Å². The molecule has 0 aliphatic rings. The molecule has 2 aromatic rings. The monoisotopic (exact) mass is 398 g/mol. The van der Waals surface area contributed by atoms with Crippen LogP contribution in [0.4, 0.5) is 4.39 Å². The van der Waals surface area contributed by atoms with Crippen LogP contribution < -0.4 is 0 Å². The summed E-state index contributed by atoms with van der Waals surface area (Å²) < 4.78 is 14.5. The molecule has 2 rings (SSSR count). The first-order chi connectivity index (χ1) is 9.58. The van der Waals surface area contributed by atoms with E-state index in [0.29, 0.717) is 5.92 Å². The lowest BCUT2D eigenvalue weighted by Gasteiger charge is -2.16. The van der Waals surface area contributed by atoms with E-state index < -0.39 is 0 Å². The van der Waals surface area contributed by atoms with E-state index in [1.165, 1.54) is 11.6 Å². The van der Waals surface area contributed by atoms with E-state index >= 15 is 0 Å². The van der Waals surface area contributed by atoms with Gasteiger partial charge < -0.3 is 0 Å². The lowest BCUT2D eigenvalue weighted by Crippen LogP contribution is -2.11. The average molecular weight is 400 g/mol. The Kier molecular flexibility index (Phi) is 5.79. The van der Waals surface area contributed by atoms with E-state index in [0.717, 1.165) is 33.8 Å². The van der Waals surface area contributed by atoms with Gasteiger partial charge in [0.2, 0.25) is 0 Å². The highest BCUT2D eigenvalue weighted by Crippen LogP contribution is 2.21. The summed E-state index contributed by atoms with van der Waals surface area (Å²) in [6, 6.07) is 13.4. The molecule has 0 bridgehead atoms. The largest absolute Gasteiger partial charge is 0.207 e. The van der Waals surface area contributed by atoms with Crippen LogP contribution in [0.5, 0.6) is 0 Å². The number of halogens is 3. The molecule has 20 heavy (non-hydrogen) atoms. The molecule has 0 saturated heterocycles. The summed E-state index contributed by atoms with van der Waals surface area (Å²) in [7, 11) is 0. The van der Waals surface area contributed by atoms with E-state index in [4.69, 9.17) is 0 Å². The maximum atomic E-state index is 13.4. The predicted octanol–water partition coefficient (Wildman–Crippen LogP) is 5.69. The van der Waals surface area contributed by atoms with Crippen molar-refractivity contribution in [3.8, 4) is 0 Å². The smallest absolute Gasteiger partial charge is 0.123 e. The highest BCUT2D eigenvalue weighted by Gasteiger charge is 2.12. The summed E-state index contributed by atoms with van der Waals surface area (Å²) in [5.74, 6) is 0.319. The van der Waals surface area contributed by atoms with Crippen molar-refractivity contribution < 1.29 is 4.39 Å². The molecule has 0 N–H and O–H groups in total. The molecule has 3 heteroatoms. The number of hydrogen-bond donors (Lipinski definition) is 0. The Bertz CT molecular complexity index is 564. The van der Waals surface area contributed by atoms with Crippen molar-refractivity contribution in [3.63, 3.8) is 0 Å². The Labute approximate surface area is 136 Å². The molecular weight excluding hydrogens is 383 g/mol. The lowest BCUT2D eigenvalue weighted by atomic mass is 9.92. The van der Waals surface area contributed by atoms with Gasteiger partial charge in [0.15, 0.2) is 0 Å².